The molecule has 6 heteroatoms. The molecule has 0 N–H and O–H groups in total. The van der Waals surface area contributed by atoms with Crippen molar-refractivity contribution in [1.82, 2.24) is 0 Å². The number of hydrogen-bond donors (Lipinski definition) is 0. The highest BCUT2D eigenvalue weighted by Gasteiger charge is 2.19. The van der Waals surface area contributed by atoms with Gasteiger partial charge in [0.25, 0.3) is 0 Å². The molecule has 0 spiro atoms. The lowest BCUT2D eigenvalue weighted by atomic mass is 10.1. The molecule has 0 aliphatic carbocycles. The first-order chi connectivity index (χ1) is 32.0. The molecule has 0 heterocycles. The van der Waals surface area contributed by atoms with E-state index in [1.165, 1.54) is 167 Å². The zero-order valence-electron chi connectivity index (χ0n) is 43.3. The predicted molar refractivity (Wildman–Crippen MR) is 279 cm³/mol. The second-order valence-electron chi connectivity index (χ2n) is 18.8. The van der Waals surface area contributed by atoms with Gasteiger partial charge in [0.1, 0.15) is 13.2 Å². The van der Waals surface area contributed by atoms with Crippen LogP contribution in [-0.4, -0.2) is 37.2 Å². The number of unbranched alkanes of at least 4 members (excludes halogenated alkanes) is 32. The Hall–Kier alpha value is -2.63. The molecule has 6 nitrogen and oxygen atoms in total. The van der Waals surface area contributed by atoms with Gasteiger partial charge in [-0.2, -0.15) is 0 Å². The van der Waals surface area contributed by atoms with E-state index in [-0.39, 0.29) is 31.1 Å². The van der Waals surface area contributed by atoms with Crippen LogP contribution >= 0.6 is 0 Å². The Kier molecular flexibility index (Phi) is 51.8. The third kappa shape index (κ3) is 52.2. The van der Waals surface area contributed by atoms with Gasteiger partial charge < -0.3 is 14.2 Å². The minimum absolute atomic E-state index is 0.0811. The van der Waals surface area contributed by atoms with E-state index in [1.807, 2.05) is 0 Å². The first-order valence-electron chi connectivity index (χ1n) is 28.1. The lowest BCUT2D eigenvalue weighted by Gasteiger charge is -2.18. The predicted octanol–water partition coefficient (Wildman–Crippen LogP) is 18.7. The van der Waals surface area contributed by atoms with E-state index < -0.39 is 6.10 Å². The van der Waals surface area contributed by atoms with E-state index in [9.17, 15) is 14.4 Å². The Bertz CT molecular complexity index is 1140. The van der Waals surface area contributed by atoms with Crippen molar-refractivity contribution in [2.45, 2.75) is 297 Å². The summed E-state index contributed by atoms with van der Waals surface area (Å²) in [4.78, 5) is 38.1. The quantitative estimate of drug-likeness (QED) is 0.0262. The van der Waals surface area contributed by atoms with Crippen molar-refractivity contribution in [2.75, 3.05) is 13.2 Å². The maximum absolute atomic E-state index is 12.8. The van der Waals surface area contributed by atoms with Gasteiger partial charge in [0.15, 0.2) is 6.10 Å². The summed E-state index contributed by atoms with van der Waals surface area (Å²) < 4.78 is 16.8. The van der Waals surface area contributed by atoms with E-state index in [0.717, 1.165) is 83.5 Å². The van der Waals surface area contributed by atoms with E-state index in [4.69, 9.17) is 14.2 Å². The van der Waals surface area contributed by atoms with Crippen molar-refractivity contribution in [3.05, 3.63) is 48.6 Å². The average molecular weight is 911 g/mol. The summed E-state index contributed by atoms with van der Waals surface area (Å²) in [5, 5.41) is 0. The van der Waals surface area contributed by atoms with E-state index >= 15 is 0 Å². The number of allylic oxidation sites excluding steroid dienone is 8. The van der Waals surface area contributed by atoms with Crippen molar-refractivity contribution < 1.29 is 28.6 Å². The van der Waals surface area contributed by atoms with Crippen LogP contribution in [-0.2, 0) is 28.6 Å². The molecule has 0 fully saturated rings. The Balaban J connectivity index is 4.36. The molecule has 0 amide bonds. The molecule has 0 aromatic carbocycles. The Labute approximate surface area is 403 Å². The molecular formula is C59H106O6. The third-order valence-electron chi connectivity index (χ3n) is 12.3. The third-order valence-corrected chi connectivity index (χ3v) is 12.3. The number of carbonyl (C=O) groups excluding carboxylic acids is 3. The molecule has 0 saturated heterocycles. The second kappa shape index (κ2) is 54.0. The SMILES string of the molecule is CCCCC/C=C\C/C=C\C/C=C\CCCCCCC(=O)O[C@@H](COC(=O)CCCCCCCCC/C=C\CCCCCCCCCC)COC(=O)CCCCCCCCCCCCC. The van der Waals surface area contributed by atoms with Crippen LogP contribution in [0.4, 0.5) is 0 Å². The minimum atomic E-state index is -0.784. The van der Waals surface area contributed by atoms with Crippen LogP contribution in [0.15, 0.2) is 48.6 Å². The molecule has 0 unspecified atom stereocenters. The van der Waals surface area contributed by atoms with Gasteiger partial charge >= 0.3 is 17.9 Å². The van der Waals surface area contributed by atoms with Crippen LogP contribution in [0.25, 0.3) is 0 Å². The van der Waals surface area contributed by atoms with Gasteiger partial charge in [-0.1, -0.05) is 236 Å². The fraction of sp³-hybridized carbons (Fsp3) is 0.814. The van der Waals surface area contributed by atoms with Crippen molar-refractivity contribution in [2.24, 2.45) is 0 Å². The van der Waals surface area contributed by atoms with Crippen LogP contribution < -0.4 is 0 Å². The molecule has 0 aliphatic rings. The van der Waals surface area contributed by atoms with Crippen molar-refractivity contribution >= 4 is 17.9 Å². The van der Waals surface area contributed by atoms with Crippen LogP contribution in [0.2, 0.25) is 0 Å². The molecule has 1 atom stereocenters. The van der Waals surface area contributed by atoms with Gasteiger partial charge in [0, 0.05) is 19.3 Å². The zero-order chi connectivity index (χ0) is 47.2. The highest BCUT2D eigenvalue weighted by molar-refractivity contribution is 5.71. The van der Waals surface area contributed by atoms with Gasteiger partial charge in [-0.15, -0.1) is 0 Å². The van der Waals surface area contributed by atoms with Gasteiger partial charge in [-0.25, -0.2) is 0 Å². The van der Waals surface area contributed by atoms with Gasteiger partial charge in [-0.05, 0) is 83.5 Å². The molecule has 378 valence electrons. The zero-order valence-corrected chi connectivity index (χ0v) is 43.3. The molecule has 65 heavy (non-hydrogen) atoms. The van der Waals surface area contributed by atoms with E-state index in [0.29, 0.717) is 19.3 Å². The molecule has 0 aromatic heterocycles. The van der Waals surface area contributed by atoms with Crippen LogP contribution in [0, 0.1) is 0 Å². The molecule has 0 bridgehead atoms. The van der Waals surface area contributed by atoms with Crippen molar-refractivity contribution in [3.63, 3.8) is 0 Å². The topological polar surface area (TPSA) is 78.9 Å². The standard InChI is InChI=1S/C59H106O6/c1-4-7-10-13-16-19-22-24-26-28-29-31-32-34-37-40-43-46-49-52-58(61)64-55-56(54-63-57(60)51-48-45-42-39-36-21-18-15-12-9-6-3)65-59(62)53-50-47-44-41-38-35-33-30-27-25-23-20-17-14-11-8-5-2/h17,20,25,27-29,33,35,56H,4-16,18-19,21-24,26,30-32,34,36-55H2,1-3H3/b20-17-,27-25-,29-28-,35-33-/t56-/m1/s1. The summed E-state index contributed by atoms with van der Waals surface area (Å²) in [6, 6.07) is 0. The summed E-state index contributed by atoms with van der Waals surface area (Å²) in [5.41, 5.74) is 0. The molecule has 0 radical (unpaired) electrons. The lowest BCUT2D eigenvalue weighted by Crippen LogP contribution is -2.30. The number of ether oxygens (including phenoxy) is 3. The fourth-order valence-electron chi connectivity index (χ4n) is 8.03. The average Bonchev–Trinajstić information content (AvgIpc) is 3.30. The highest BCUT2D eigenvalue weighted by Crippen LogP contribution is 2.15. The fourth-order valence-corrected chi connectivity index (χ4v) is 8.03. The molecule has 0 aromatic rings. The normalized spacial score (nSPS) is 12.4. The first-order valence-corrected chi connectivity index (χ1v) is 28.1. The van der Waals surface area contributed by atoms with E-state index in [1.54, 1.807) is 0 Å². The van der Waals surface area contributed by atoms with Crippen molar-refractivity contribution in [3.8, 4) is 0 Å². The first kappa shape index (κ1) is 62.4. The molecule has 0 aliphatic heterocycles. The molecule has 0 saturated carbocycles. The van der Waals surface area contributed by atoms with Gasteiger partial charge in [0.05, 0.1) is 0 Å². The maximum Gasteiger partial charge on any atom is 0.306 e. The second-order valence-corrected chi connectivity index (χ2v) is 18.8. The Morgan fingerprint density at radius 3 is 0.908 bits per heavy atom. The van der Waals surface area contributed by atoms with Crippen LogP contribution in [0.5, 0.6) is 0 Å². The Morgan fingerprint density at radius 2 is 0.554 bits per heavy atom. The smallest absolute Gasteiger partial charge is 0.306 e. The largest absolute Gasteiger partial charge is 0.462 e. The van der Waals surface area contributed by atoms with Crippen molar-refractivity contribution in [1.29, 1.82) is 0 Å². The van der Waals surface area contributed by atoms with Crippen LogP contribution in [0.1, 0.15) is 290 Å². The monoisotopic (exact) mass is 911 g/mol. The number of hydrogen-bond acceptors (Lipinski definition) is 6. The Morgan fingerprint density at radius 1 is 0.308 bits per heavy atom. The number of rotatable bonds is 51. The highest BCUT2D eigenvalue weighted by atomic mass is 16.6. The van der Waals surface area contributed by atoms with Gasteiger partial charge in [-0.3, -0.25) is 14.4 Å². The lowest BCUT2D eigenvalue weighted by molar-refractivity contribution is -0.167. The number of esters is 3. The number of carbonyl (C=O) groups is 3. The van der Waals surface area contributed by atoms with E-state index in [2.05, 4.69) is 69.4 Å². The van der Waals surface area contributed by atoms with Gasteiger partial charge in [0.2, 0.25) is 0 Å². The summed E-state index contributed by atoms with van der Waals surface area (Å²) in [5.74, 6) is -0.897. The summed E-state index contributed by atoms with van der Waals surface area (Å²) in [7, 11) is 0. The summed E-state index contributed by atoms with van der Waals surface area (Å²) in [6.07, 6.45) is 65.3. The molecular weight excluding hydrogens is 805 g/mol. The summed E-state index contributed by atoms with van der Waals surface area (Å²) >= 11 is 0. The molecule has 0 rings (SSSR count). The summed E-state index contributed by atoms with van der Waals surface area (Å²) in [6.45, 7) is 6.61. The maximum atomic E-state index is 12.8. The minimum Gasteiger partial charge on any atom is -0.462 e. The van der Waals surface area contributed by atoms with Crippen LogP contribution in [0.3, 0.4) is 0 Å².